The van der Waals surface area contributed by atoms with Crippen molar-refractivity contribution in [3.63, 3.8) is 0 Å². The van der Waals surface area contributed by atoms with Gasteiger partial charge in [0.05, 0.1) is 5.68 Å². The molecule has 1 atom stereocenters. The second-order valence-electron chi connectivity index (χ2n) is 4.84. The molecular formula is C15H16BOY-. The maximum absolute atomic E-state index is 11.4. The van der Waals surface area contributed by atoms with Crippen LogP contribution in [-0.4, -0.2) is 13.5 Å². The van der Waals surface area contributed by atoms with Crippen LogP contribution in [-0.2, 0) is 37.5 Å². The molecule has 3 radical (unpaired) electrons. The molecule has 2 rings (SSSR count). The Morgan fingerprint density at radius 3 is 2.11 bits per heavy atom. The van der Waals surface area contributed by atoms with Crippen LogP contribution in [0.5, 0.6) is 0 Å². The van der Waals surface area contributed by atoms with E-state index in [0.717, 1.165) is 5.56 Å². The van der Waals surface area contributed by atoms with Crippen LogP contribution in [0.15, 0.2) is 5.57 Å². The monoisotopic (exact) mass is 312 g/mol. The molecule has 0 N–H and O–H groups in total. The first kappa shape index (κ1) is 15.9. The summed E-state index contributed by atoms with van der Waals surface area (Å²) in [7, 11) is 5.40. The SMILES string of the molecule is [B]C(=O)C1=Cc2c(C)c(C)c(C)c(C)c2C1[CH2-].[Y]. The zero-order valence-electron chi connectivity index (χ0n) is 11.4. The van der Waals surface area contributed by atoms with E-state index in [1.165, 1.54) is 27.8 Å². The Morgan fingerprint density at radius 2 is 1.61 bits per heavy atom. The van der Waals surface area contributed by atoms with E-state index in [2.05, 4.69) is 34.6 Å². The maximum Gasteiger partial charge on any atom is 0.174 e. The molecule has 1 unspecified atom stereocenters. The van der Waals surface area contributed by atoms with Gasteiger partial charge in [-0.05, 0) is 61.1 Å². The number of rotatable bonds is 1. The summed E-state index contributed by atoms with van der Waals surface area (Å²) in [5.41, 5.74) is 7.60. The van der Waals surface area contributed by atoms with E-state index in [-0.39, 0.29) is 44.3 Å². The van der Waals surface area contributed by atoms with Gasteiger partial charge in [0.25, 0.3) is 0 Å². The van der Waals surface area contributed by atoms with Gasteiger partial charge in [0.15, 0.2) is 7.85 Å². The van der Waals surface area contributed by atoms with Gasteiger partial charge in [-0.1, -0.05) is 11.6 Å². The van der Waals surface area contributed by atoms with Crippen LogP contribution in [0.4, 0.5) is 0 Å². The van der Waals surface area contributed by atoms with Crippen molar-refractivity contribution in [3.05, 3.63) is 45.9 Å². The molecule has 0 aliphatic heterocycles. The molecule has 0 aromatic heterocycles. The number of hydrogen-bond acceptors (Lipinski definition) is 1. The van der Waals surface area contributed by atoms with Crippen LogP contribution >= 0.6 is 0 Å². The standard InChI is InChI=1S/C15H16BO.Y/c1-7-8(2)10(4)14-11(5)13(15(16)17)6-12(14)9(7)3;/h6,11H,5H2,1-4H3;/q-1;. The fourth-order valence-corrected chi connectivity index (χ4v) is 2.66. The van der Waals surface area contributed by atoms with Gasteiger partial charge in [-0.25, -0.2) is 0 Å². The van der Waals surface area contributed by atoms with Crippen LogP contribution in [0.3, 0.4) is 0 Å². The fourth-order valence-electron chi connectivity index (χ4n) is 2.66. The number of allylic oxidation sites excluding steroid dienone is 1. The van der Waals surface area contributed by atoms with E-state index >= 15 is 0 Å². The Balaban J connectivity index is 0.00000162. The van der Waals surface area contributed by atoms with E-state index in [9.17, 15) is 4.79 Å². The van der Waals surface area contributed by atoms with Crippen LogP contribution in [0.1, 0.15) is 39.3 Å². The second kappa shape index (κ2) is 5.43. The van der Waals surface area contributed by atoms with Gasteiger partial charge in [0.1, 0.15) is 0 Å². The minimum Gasteiger partial charge on any atom is -0.332 e. The summed E-state index contributed by atoms with van der Waals surface area (Å²) in [6.45, 7) is 12.5. The van der Waals surface area contributed by atoms with Gasteiger partial charge < -0.3 is 11.7 Å². The van der Waals surface area contributed by atoms with Crippen molar-refractivity contribution >= 4 is 19.6 Å². The van der Waals surface area contributed by atoms with Gasteiger partial charge in [0, 0.05) is 32.7 Å². The predicted molar refractivity (Wildman–Crippen MR) is 72.2 cm³/mol. The number of benzene rings is 1. The van der Waals surface area contributed by atoms with Crippen LogP contribution in [0, 0.1) is 34.6 Å². The molecule has 18 heavy (non-hydrogen) atoms. The molecular weight excluding hydrogens is 296 g/mol. The third-order valence-corrected chi connectivity index (χ3v) is 4.09. The van der Waals surface area contributed by atoms with E-state index in [1.54, 1.807) is 0 Å². The molecule has 0 fully saturated rings. The van der Waals surface area contributed by atoms with Crippen molar-refractivity contribution in [2.45, 2.75) is 33.6 Å². The molecule has 0 spiro atoms. The average molecular weight is 312 g/mol. The van der Waals surface area contributed by atoms with Gasteiger partial charge in [-0.3, -0.25) is 0 Å². The van der Waals surface area contributed by atoms with E-state index < -0.39 is 0 Å². The van der Waals surface area contributed by atoms with E-state index in [4.69, 9.17) is 7.85 Å². The topological polar surface area (TPSA) is 17.1 Å². The van der Waals surface area contributed by atoms with Crippen LogP contribution in [0.2, 0.25) is 0 Å². The number of carbonyl (C=O) groups excluding carboxylic acids is 1. The Bertz CT molecular complexity index is 558. The summed E-state index contributed by atoms with van der Waals surface area (Å²) >= 11 is 0. The summed E-state index contributed by atoms with van der Waals surface area (Å²) in [5, 5.41) is 0. The minimum atomic E-state index is -0.365. The van der Waals surface area contributed by atoms with Crippen molar-refractivity contribution in [2.75, 3.05) is 0 Å². The molecule has 0 heterocycles. The minimum absolute atomic E-state index is 0. The Morgan fingerprint density at radius 1 is 1.11 bits per heavy atom. The molecule has 3 heteroatoms. The van der Waals surface area contributed by atoms with Gasteiger partial charge in [0.2, 0.25) is 0 Å². The normalized spacial score (nSPS) is 16.9. The summed E-state index contributed by atoms with van der Waals surface area (Å²) in [6.07, 6.45) is 1.91. The molecule has 0 saturated heterocycles. The van der Waals surface area contributed by atoms with Crippen molar-refractivity contribution in [3.8, 4) is 0 Å². The number of carbonyl (C=O) groups is 1. The first-order valence-electron chi connectivity index (χ1n) is 5.81. The van der Waals surface area contributed by atoms with Crippen LogP contribution < -0.4 is 0 Å². The molecule has 89 valence electrons. The number of hydrogen-bond donors (Lipinski definition) is 0. The van der Waals surface area contributed by atoms with Crippen molar-refractivity contribution in [1.82, 2.24) is 0 Å². The van der Waals surface area contributed by atoms with Crippen molar-refractivity contribution in [2.24, 2.45) is 0 Å². The predicted octanol–water partition coefficient (Wildman–Crippen LogP) is 2.93. The Kier molecular flexibility index (Phi) is 4.78. The zero-order valence-corrected chi connectivity index (χ0v) is 14.3. The summed E-state index contributed by atoms with van der Waals surface area (Å²) in [5.74, 6) is -0.125. The molecule has 1 aliphatic carbocycles. The largest absolute Gasteiger partial charge is 0.332 e. The molecule has 1 aliphatic rings. The molecule has 0 bridgehead atoms. The summed E-state index contributed by atoms with van der Waals surface area (Å²) in [6, 6.07) is 0. The van der Waals surface area contributed by atoms with E-state index in [1.807, 2.05) is 6.08 Å². The third kappa shape index (κ3) is 2.18. The fraction of sp³-hybridized carbons (Fsp3) is 0.333. The first-order chi connectivity index (χ1) is 7.86. The molecule has 1 aromatic rings. The summed E-state index contributed by atoms with van der Waals surface area (Å²) in [4.78, 5) is 11.4. The zero-order chi connectivity index (χ0) is 12.9. The number of fused-ring (bicyclic) bond motifs is 1. The van der Waals surface area contributed by atoms with Gasteiger partial charge in [-0.15, -0.1) is 5.92 Å². The van der Waals surface area contributed by atoms with E-state index in [0.29, 0.717) is 5.57 Å². The summed E-state index contributed by atoms with van der Waals surface area (Å²) < 4.78 is 0. The third-order valence-electron chi connectivity index (χ3n) is 4.09. The first-order valence-corrected chi connectivity index (χ1v) is 5.81. The Labute approximate surface area is 136 Å². The van der Waals surface area contributed by atoms with Crippen molar-refractivity contribution in [1.29, 1.82) is 0 Å². The van der Waals surface area contributed by atoms with Crippen LogP contribution in [0.25, 0.3) is 6.08 Å². The molecule has 1 nitrogen and oxygen atoms in total. The van der Waals surface area contributed by atoms with Gasteiger partial charge in [-0.2, -0.15) is 0 Å². The second-order valence-corrected chi connectivity index (χ2v) is 4.84. The quantitative estimate of drug-likeness (QED) is 0.576. The molecule has 0 amide bonds. The smallest absolute Gasteiger partial charge is 0.174 e. The maximum atomic E-state index is 11.4. The molecule has 1 aromatic carbocycles. The van der Waals surface area contributed by atoms with Gasteiger partial charge >= 0.3 is 0 Å². The Hall–Kier alpha value is -0.201. The molecule has 0 saturated carbocycles. The van der Waals surface area contributed by atoms with Crippen molar-refractivity contribution < 1.29 is 37.5 Å². The average Bonchev–Trinajstić information content (AvgIpc) is 2.62.